The molecular formula is C10H11N3O3S. The number of sulfonamides is 1. The normalized spacial score (nSPS) is 11.5. The van der Waals surface area contributed by atoms with Gasteiger partial charge < -0.3 is 10.3 Å². The molecular weight excluding hydrogens is 242 g/mol. The maximum Gasteiger partial charge on any atom is 0.242 e. The molecule has 0 bridgehead atoms. The molecule has 0 spiro atoms. The van der Waals surface area contributed by atoms with Crippen LogP contribution in [0.4, 0.5) is 5.69 Å². The second kappa shape index (κ2) is 4.56. The van der Waals surface area contributed by atoms with E-state index in [1.54, 1.807) is 18.2 Å². The lowest BCUT2D eigenvalue weighted by Crippen LogP contribution is -2.24. The van der Waals surface area contributed by atoms with Gasteiger partial charge in [0.15, 0.2) is 0 Å². The largest absolute Gasteiger partial charge is 0.398 e. The first-order valence-electron chi connectivity index (χ1n) is 4.83. The first-order valence-corrected chi connectivity index (χ1v) is 6.31. The van der Waals surface area contributed by atoms with Crippen molar-refractivity contribution in [2.45, 2.75) is 11.4 Å². The second-order valence-corrected chi connectivity index (χ2v) is 5.09. The average Bonchev–Trinajstić information content (AvgIpc) is 2.80. The summed E-state index contributed by atoms with van der Waals surface area (Å²) in [4.78, 5) is 0.0588. The number of hydrogen-bond donors (Lipinski definition) is 2. The minimum atomic E-state index is -3.62. The summed E-state index contributed by atoms with van der Waals surface area (Å²) in [6.07, 6.45) is 1.38. The van der Waals surface area contributed by atoms with E-state index in [9.17, 15) is 8.42 Å². The van der Waals surface area contributed by atoms with Gasteiger partial charge in [-0.15, -0.1) is 0 Å². The molecule has 0 aliphatic carbocycles. The number of anilines is 1. The van der Waals surface area contributed by atoms with Crippen molar-refractivity contribution < 1.29 is 12.9 Å². The molecule has 0 aliphatic rings. The van der Waals surface area contributed by atoms with Crippen LogP contribution in [-0.2, 0) is 16.6 Å². The monoisotopic (exact) mass is 253 g/mol. The molecule has 2 rings (SSSR count). The number of hydrogen-bond acceptors (Lipinski definition) is 5. The summed E-state index contributed by atoms with van der Waals surface area (Å²) in [6.45, 7) is 0.0627. The van der Waals surface area contributed by atoms with Crippen LogP contribution in [0.3, 0.4) is 0 Å². The van der Waals surface area contributed by atoms with E-state index in [-0.39, 0.29) is 17.1 Å². The lowest BCUT2D eigenvalue weighted by atomic mass is 10.3. The van der Waals surface area contributed by atoms with Gasteiger partial charge in [0.05, 0.1) is 17.9 Å². The fourth-order valence-corrected chi connectivity index (χ4v) is 2.43. The zero-order valence-corrected chi connectivity index (χ0v) is 9.65. The van der Waals surface area contributed by atoms with Crippen LogP contribution in [0.15, 0.2) is 46.0 Å². The van der Waals surface area contributed by atoms with Crippen molar-refractivity contribution in [1.29, 1.82) is 0 Å². The summed E-state index contributed by atoms with van der Waals surface area (Å²) in [7, 11) is -3.62. The highest BCUT2D eigenvalue weighted by Gasteiger charge is 2.16. The summed E-state index contributed by atoms with van der Waals surface area (Å²) in [5.41, 5.74) is 6.31. The van der Waals surface area contributed by atoms with Gasteiger partial charge in [-0.05, 0) is 12.1 Å². The van der Waals surface area contributed by atoms with Crippen LogP contribution in [0, 0.1) is 0 Å². The van der Waals surface area contributed by atoms with Crippen molar-refractivity contribution in [3.05, 3.63) is 42.3 Å². The van der Waals surface area contributed by atoms with Gasteiger partial charge in [-0.25, -0.2) is 13.1 Å². The molecule has 0 atom stereocenters. The van der Waals surface area contributed by atoms with Gasteiger partial charge in [-0.3, -0.25) is 0 Å². The molecule has 1 aromatic heterocycles. The Balaban J connectivity index is 2.17. The van der Waals surface area contributed by atoms with Crippen molar-refractivity contribution >= 4 is 15.7 Å². The zero-order valence-electron chi connectivity index (χ0n) is 8.83. The molecule has 0 saturated heterocycles. The fraction of sp³-hybridized carbons (Fsp3) is 0.100. The van der Waals surface area contributed by atoms with E-state index >= 15 is 0 Å². The number of nitrogens with zero attached hydrogens (tertiary/aromatic N) is 1. The number of para-hydroxylation sites is 1. The highest BCUT2D eigenvalue weighted by Crippen LogP contribution is 2.16. The molecule has 1 heterocycles. The highest BCUT2D eigenvalue weighted by atomic mass is 32.2. The van der Waals surface area contributed by atoms with Crippen molar-refractivity contribution in [3.8, 4) is 0 Å². The number of nitrogens with two attached hydrogens (primary N) is 1. The van der Waals surface area contributed by atoms with Crippen LogP contribution >= 0.6 is 0 Å². The number of aromatic nitrogens is 1. The van der Waals surface area contributed by atoms with Crippen molar-refractivity contribution in [2.24, 2.45) is 0 Å². The van der Waals surface area contributed by atoms with Gasteiger partial charge in [0.2, 0.25) is 10.0 Å². The smallest absolute Gasteiger partial charge is 0.242 e. The van der Waals surface area contributed by atoms with E-state index < -0.39 is 10.0 Å². The van der Waals surface area contributed by atoms with E-state index in [2.05, 4.69) is 14.4 Å². The van der Waals surface area contributed by atoms with E-state index in [4.69, 9.17) is 5.73 Å². The Bertz CT molecular complexity index is 593. The standard InChI is InChI=1S/C10H11N3O3S/c11-9-3-1-2-4-10(9)17(14,15)12-7-8-5-6-16-13-8/h1-6,12H,7,11H2. The third-order valence-corrected chi connectivity index (χ3v) is 3.62. The minimum Gasteiger partial charge on any atom is -0.398 e. The minimum absolute atomic E-state index is 0.0588. The molecule has 0 fully saturated rings. The molecule has 1 aromatic carbocycles. The van der Waals surface area contributed by atoms with Crippen LogP contribution < -0.4 is 10.5 Å². The first kappa shape index (κ1) is 11.6. The summed E-state index contributed by atoms with van der Waals surface area (Å²) in [5, 5.41) is 3.60. The second-order valence-electron chi connectivity index (χ2n) is 3.35. The van der Waals surface area contributed by atoms with E-state index in [1.165, 1.54) is 18.4 Å². The highest BCUT2D eigenvalue weighted by molar-refractivity contribution is 7.89. The molecule has 7 heteroatoms. The maximum absolute atomic E-state index is 11.9. The van der Waals surface area contributed by atoms with Crippen molar-refractivity contribution in [1.82, 2.24) is 9.88 Å². The van der Waals surface area contributed by atoms with E-state index in [0.717, 1.165) is 0 Å². The summed E-state index contributed by atoms with van der Waals surface area (Å²) in [5.74, 6) is 0. The molecule has 2 aromatic rings. The van der Waals surface area contributed by atoms with Crippen molar-refractivity contribution in [3.63, 3.8) is 0 Å². The Hall–Kier alpha value is -1.86. The van der Waals surface area contributed by atoms with Gasteiger partial charge in [0.1, 0.15) is 11.2 Å². The van der Waals surface area contributed by atoms with Crippen LogP contribution in [-0.4, -0.2) is 13.6 Å². The topological polar surface area (TPSA) is 98.2 Å². The summed E-state index contributed by atoms with van der Waals surface area (Å²) in [6, 6.07) is 7.84. The van der Waals surface area contributed by atoms with Crippen LogP contribution in [0.5, 0.6) is 0 Å². The molecule has 0 aliphatic heterocycles. The van der Waals surface area contributed by atoms with Crippen molar-refractivity contribution in [2.75, 3.05) is 5.73 Å². The number of nitrogen functional groups attached to an aromatic ring is 1. The summed E-state index contributed by atoms with van der Waals surface area (Å²) >= 11 is 0. The predicted molar refractivity (Wildman–Crippen MR) is 61.4 cm³/mol. The van der Waals surface area contributed by atoms with Gasteiger partial charge in [0, 0.05) is 6.07 Å². The quantitative estimate of drug-likeness (QED) is 0.783. The number of benzene rings is 1. The summed E-state index contributed by atoms with van der Waals surface area (Å²) < 4.78 is 30.8. The van der Waals surface area contributed by atoms with Gasteiger partial charge in [-0.1, -0.05) is 17.3 Å². The van der Waals surface area contributed by atoms with Gasteiger partial charge in [-0.2, -0.15) is 0 Å². The van der Waals surface area contributed by atoms with Crippen LogP contribution in [0.2, 0.25) is 0 Å². The third kappa shape index (κ3) is 2.63. The van der Waals surface area contributed by atoms with Crippen LogP contribution in [0.1, 0.15) is 5.69 Å². The molecule has 0 unspecified atom stereocenters. The zero-order chi connectivity index (χ0) is 12.3. The molecule has 6 nitrogen and oxygen atoms in total. The lowest BCUT2D eigenvalue weighted by Gasteiger charge is -2.07. The number of rotatable bonds is 4. The fourth-order valence-electron chi connectivity index (χ4n) is 1.30. The van der Waals surface area contributed by atoms with Crippen LogP contribution in [0.25, 0.3) is 0 Å². The Labute approximate surface area is 98.5 Å². The van der Waals surface area contributed by atoms with E-state index in [0.29, 0.717) is 5.69 Å². The lowest BCUT2D eigenvalue weighted by molar-refractivity contribution is 0.411. The Morgan fingerprint density at radius 1 is 1.29 bits per heavy atom. The molecule has 90 valence electrons. The van der Waals surface area contributed by atoms with Gasteiger partial charge in [0.25, 0.3) is 0 Å². The average molecular weight is 253 g/mol. The predicted octanol–water partition coefficient (Wildman–Crippen LogP) is 0.735. The molecule has 3 N–H and O–H groups in total. The first-order chi connectivity index (χ1) is 8.09. The SMILES string of the molecule is Nc1ccccc1S(=O)(=O)NCc1ccon1. The van der Waals surface area contributed by atoms with Gasteiger partial charge >= 0.3 is 0 Å². The molecule has 17 heavy (non-hydrogen) atoms. The molecule has 0 radical (unpaired) electrons. The molecule has 0 amide bonds. The Morgan fingerprint density at radius 3 is 2.71 bits per heavy atom. The molecule has 0 saturated carbocycles. The third-order valence-electron chi connectivity index (χ3n) is 2.14. The Kier molecular flexibility index (Phi) is 3.12. The number of nitrogens with one attached hydrogen (secondary N) is 1. The van der Waals surface area contributed by atoms with E-state index in [1.807, 2.05) is 0 Å². The Morgan fingerprint density at radius 2 is 2.06 bits per heavy atom. The maximum atomic E-state index is 11.9.